The lowest BCUT2D eigenvalue weighted by atomic mass is 10.1. The summed E-state index contributed by atoms with van der Waals surface area (Å²) in [5, 5.41) is 0. The number of fused-ring (bicyclic) bond motifs is 1. The lowest BCUT2D eigenvalue weighted by Crippen LogP contribution is -2.52. The van der Waals surface area contributed by atoms with Crippen molar-refractivity contribution in [3.63, 3.8) is 0 Å². The highest BCUT2D eigenvalue weighted by atomic mass is 16.5. The van der Waals surface area contributed by atoms with Crippen LogP contribution in [0.3, 0.4) is 0 Å². The van der Waals surface area contributed by atoms with E-state index in [-0.39, 0.29) is 18.4 Å². The predicted molar refractivity (Wildman–Crippen MR) is 85.5 cm³/mol. The van der Waals surface area contributed by atoms with Gasteiger partial charge >= 0.3 is 5.97 Å². The standard InChI is InChI=1S/C17H22N2O4/c1-22-16(20)12-19-11-15(17(21)18-9-5-2-6-10-18)23-14-8-4-3-7-13(14)19/h3-4,7-8,15H,2,5-6,9-12H2,1H3. The van der Waals surface area contributed by atoms with Gasteiger partial charge in [0.05, 0.1) is 19.3 Å². The molecular weight excluding hydrogens is 296 g/mol. The molecule has 2 heterocycles. The fraction of sp³-hybridized carbons (Fsp3) is 0.529. The van der Waals surface area contributed by atoms with Crippen LogP contribution in [0.4, 0.5) is 5.69 Å². The second-order valence-electron chi connectivity index (χ2n) is 5.92. The molecule has 124 valence electrons. The number of methoxy groups -OCH3 is 1. The van der Waals surface area contributed by atoms with Crippen molar-refractivity contribution in [3.8, 4) is 5.75 Å². The van der Waals surface area contributed by atoms with Crippen LogP contribution in [0, 0.1) is 0 Å². The second-order valence-corrected chi connectivity index (χ2v) is 5.92. The molecule has 0 aliphatic carbocycles. The van der Waals surface area contributed by atoms with Crippen molar-refractivity contribution in [2.45, 2.75) is 25.4 Å². The van der Waals surface area contributed by atoms with Crippen molar-refractivity contribution < 1.29 is 19.1 Å². The minimum absolute atomic E-state index is 0.00840. The first-order chi connectivity index (χ1) is 11.2. The number of carbonyl (C=O) groups excluding carboxylic acids is 2. The minimum Gasteiger partial charge on any atom is -0.477 e. The van der Waals surface area contributed by atoms with E-state index in [4.69, 9.17) is 9.47 Å². The summed E-state index contributed by atoms with van der Waals surface area (Å²) in [6.45, 7) is 2.05. The topological polar surface area (TPSA) is 59.1 Å². The van der Waals surface area contributed by atoms with Crippen LogP contribution < -0.4 is 9.64 Å². The molecule has 0 radical (unpaired) electrons. The number of hydrogen-bond acceptors (Lipinski definition) is 5. The SMILES string of the molecule is COC(=O)CN1CC(C(=O)N2CCCCC2)Oc2ccccc21. The molecule has 0 saturated carbocycles. The maximum absolute atomic E-state index is 12.7. The highest BCUT2D eigenvalue weighted by Crippen LogP contribution is 2.33. The normalized spacial score (nSPS) is 20.5. The zero-order valence-electron chi connectivity index (χ0n) is 13.4. The molecule has 3 rings (SSSR count). The fourth-order valence-electron chi connectivity index (χ4n) is 3.12. The average molecular weight is 318 g/mol. The molecule has 1 unspecified atom stereocenters. The van der Waals surface area contributed by atoms with E-state index < -0.39 is 6.10 Å². The maximum atomic E-state index is 12.7. The van der Waals surface area contributed by atoms with Gasteiger partial charge in [-0.05, 0) is 31.4 Å². The van der Waals surface area contributed by atoms with Gasteiger partial charge in [0, 0.05) is 13.1 Å². The quantitative estimate of drug-likeness (QED) is 0.789. The summed E-state index contributed by atoms with van der Waals surface area (Å²) in [5.74, 6) is 0.318. The fourth-order valence-corrected chi connectivity index (χ4v) is 3.12. The van der Waals surface area contributed by atoms with Crippen molar-refractivity contribution in [2.75, 3.05) is 38.2 Å². The zero-order valence-corrected chi connectivity index (χ0v) is 13.4. The first-order valence-corrected chi connectivity index (χ1v) is 8.05. The third kappa shape index (κ3) is 3.41. The summed E-state index contributed by atoms with van der Waals surface area (Å²) in [6.07, 6.45) is 2.68. The molecular formula is C17H22N2O4. The Balaban J connectivity index is 1.78. The Labute approximate surface area is 136 Å². The molecule has 1 fully saturated rings. The van der Waals surface area contributed by atoms with Gasteiger partial charge in [0.25, 0.3) is 5.91 Å². The van der Waals surface area contributed by atoms with Crippen LogP contribution in [0.1, 0.15) is 19.3 Å². The van der Waals surface area contributed by atoms with Crippen molar-refractivity contribution in [3.05, 3.63) is 24.3 Å². The molecule has 6 heteroatoms. The van der Waals surface area contributed by atoms with Gasteiger partial charge in [-0.1, -0.05) is 12.1 Å². The molecule has 0 aromatic heterocycles. The van der Waals surface area contributed by atoms with E-state index in [0.29, 0.717) is 12.3 Å². The molecule has 2 aliphatic heterocycles. The van der Waals surface area contributed by atoms with Crippen molar-refractivity contribution in [2.24, 2.45) is 0 Å². The minimum atomic E-state index is -0.576. The highest BCUT2D eigenvalue weighted by molar-refractivity contribution is 5.85. The van der Waals surface area contributed by atoms with Gasteiger partial charge in [-0.15, -0.1) is 0 Å². The number of esters is 1. The molecule has 0 N–H and O–H groups in total. The van der Waals surface area contributed by atoms with E-state index in [9.17, 15) is 9.59 Å². The summed E-state index contributed by atoms with van der Waals surface area (Å²) in [7, 11) is 1.37. The van der Waals surface area contributed by atoms with Crippen molar-refractivity contribution in [1.29, 1.82) is 0 Å². The molecule has 1 aromatic rings. The Morgan fingerprint density at radius 2 is 1.96 bits per heavy atom. The van der Waals surface area contributed by atoms with Crippen LogP contribution in [0.2, 0.25) is 0 Å². The van der Waals surface area contributed by atoms with Gasteiger partial charge in [0.15, 0.2) is 6.10 Å². The number of ether oxygens (including phenoxy) is 2. The Hall–Kier alpha value is -2.24. The molecule has 2 aliphatic rings. The number of likely N-dealkylation sites (tertiary alicyclic amines) is 1. The predicted octanol–water partition coefficient (Wildman–Crippen LogP) is 1.44. The third-order valence-corrected chi connectivity index (χ3v) is 4.35. The number of nitrogens with zero attached hydrogens (tertiary/aromatic N) is 2. The first-order valence-electron chi connectivity index (χ1n) is 8.05. The molecule has 0 spiro atoms. The van der Waals surface area contributed by atoms with Crippen LogP contribution in [0.25, 0.3) is 0 Å². The van der Waals surface area contributed by atoms with E-state index in [0.717, 1.165) is 31.6 Å². The van der Waals surface area contributed by atoms with E-state index in [1.54, 1.807) is 0 Å². The van der Waals surface area contributed by atoms with Crippen molar-refractivity contribution >= 4 is 17.6 Å². The number of rotatable bonds is 3. The molecule has 1 aromatic carbocycles. The number of benzene rings is 1. The number of para-hydroxylation sites is 2. The molecule has 1 atom stereocenters. The van der Waals surface area contributed by atoms with Crippen LogP contribution in [-0.4, -0.2) is 56.2 Å². The Morgan fingerprint density at radius 3 is 2.70 bits per heavy atom. The van der Waals surface area contributed by atoms with Crippen LogP contribution in [0.5, 0.6) is 5.75 Å². The Bertz CT molecular complexity index is 584. The number of amides is 1. The number of anilines is 1. The summed E-state index contributed by atoms with van der Waals surface area (Å²) in [4.78, 5) is 28.1. The van der Waals surface area contributed by atoms with E-state index in [2.05, 4.69) is 0 Å². The summed E-state index contributed by atoms with van der Waals surface area (Å²) in [5.41, 5.74) is 0.820. The molecule has 0 bridgehead atoms. The van der Waals surface area contributed by atoms with Crippen LogP contribution >= 0.6 is 0 Å². The number of hydrogen-bond donors (Lipinski definition) is 0. The van der Waals surface area contributed by atoms with Crippen LogP contribution in [0.15, 0.2) is 24.3 Å². The molecule has 1 saturated heterocycles. The van der Waals surface area contributed by atoms with Gasteiger partial charge in [-0.25, -0.2) is 0 Å². The van der Waals surface area contributed by atoms with Crippen molar-refractivity contribution in [1.82, 2.24) is 4.90 Å². The highest BCUT2D eigenvalue weighted by Gasteiger charge is 2.34. The third-order valence-electron chi connectivity index (χ3n) is 4.35. The molecule has 6 nitrogen and oxygen atoms in total. The van der Waals surface area contributed by atoms with Gasteiger partial charge < -0.3 is 19.3 Å². The second kappa shape index (κ2) is 6.89. The lowest BCUT2D eigenvalue weighted by molar-refractivity contribution is -0.141. The lowest BCUT2D eigenvalue weighted by Gasteiger charge is -2.37. The molecule has 1 amide bonds. The maximum Gasteiger partial charge on any atom is 0.325 e. The summed E-state index contributed by atoms with van der Waals surface area (Å²) in [6, 6.07) is 7.47. The largest absolute Gasteiger partial charge is 0.477 e. The number of piperidine rings is 1. The average Bonchev–Trinajstić information content (AvgIpc) is 2.61. The van der Waals surface area contributed by atoms with Gasteiger partial charge in [-0.2, -0.15) is 0 Å². The Morgan fingerprint density at radius 1 is 1.22 bits per heavy atom. The molecule has 23 heavy (non-hydrogen) atoms. The van der Waals surface area contributed by atoms with Crippen LogP contribution in [-0.2, 0) is 14.3 Å². The van der Waals surface area contributed by atoms with Gasteiger partial charge in [0.2, 0.25) is 0 Å². The monoisotopic (exact) mass is 318 g/mol. The smallest absolute Gasteiger partial charge is 0.325 e. The summed E-state index contributed by atoms with van der Waals surface area (Å²) >= 11 is 0. The van der Waals surface area contributed by atoms with E-state index in [1.165, 1.54) is 13.5 Å². The summed E-state index contributed by atoms with van der Waals surface area (Å²) < 4.78 is 10.7. The first kappa shape index (κ1) is 15.6. The number of carbonyl (C=O) groups is 2. The zero-order chi connectivity index (χ0) is 16.2. The van der Waals surface area contributed by atoms with Gasteiger partial charge in [-0.3, -0.25) is 9.59 Å². The van der Waals surface area contributed by atoms with E-state index >= 15 is 0 Å². The van der Waals surface area contributed by atoms with E-state index in [1.807, 2.05) is 34.1 Å². The van der Waals surface area contributed by atoms with Gasteiger partial charge in [0.1, 0.15) is 12.3 Å². The Kier molecular flexibility index (Phi) is 4.69.